The number of rotatable bonds is 9. The molecule has 11 heteroatoms. The van der Waals surface area contributed by atoms with Crippen molar-refractivity contribution >= 4 is 46.1 Å². The van der Waals surface area contributed by atoms with Gasteiger partial charge in [0.15, 0.2) is 0 Å². The van der Waals surface area contributed by atoms with Crippen LogP contribution in [0.15, 0.2) is 48.5 Å². The molecule has 0 saturated carbocycles. The molecule has 5 N–H and O–H groups in total. The van der Waals surface area contributed by atoms with Gasteiger partial charge < -0.3 is 35.6 Å². The van der Waals surface area contributed by atoms with E-state index in [0.717, 1.165) is 5.56 Å². The Morgan fingerprint density at radius 1 is 1.03 bits per heavy atom. The molecule has 39 heavy (non-hydrogen) atoms. The van der Waals surface area contributed by atoms with Gasteiger partial charge in [0.05, 0.1) is 12.3 Å². The van der Waals surface area contributed by atoms with E-state index in [1.54, 1.807) is 48.3 Å². The van der Waals surface area contributed by atoms with Crippen molar-refractivity contribution in [3.8, 4) is 0 Å². The molecule has 1 fully saturated rings. The number of carbonyl (C=O) groups excluding carboxylic acids is 3. The van der Waals surface area contributed by atoms with E-state index in [1.807, 2.05) is 12.1 Å². The minimum atomic E-state index is -1.15. The van der Waals surface area contributed by atoms with Crippen molar-refractivity contribution in [1.29, 1.82) is 0 Å². The van der Waals surface area contributed by atoms with E-state index in [0.29, 0.717) is 55.5 Å². The maximum atomic E-state index is 12.7. The van der Waals surface area contributed by atoms with Crippen LogP contribution in [0.25, 0.3) is 10.9 Å². The smallest absolute Gasteiger partial charge is 0.354 e. The largest absolute Gasteiger partial charge is 0.477 e. The fourth-order valence-corrected chi connectivity index (χ4v) is 4.75. The van der Waals surface area contributed by atoms with Gasteiger partial charge in [-0.3, -0.25) is 9.59 Å². The van der Waals surface area contributed by atoms with Gasteiger partial charge in [-0.15, -0.1) is 0 Å². The van der Waals surface area contributed by atoms with Crippen molar-refractivity contribution in [3.63, 3.8) is 0 Å². The van der Waals surface area contributed by atoms with Crippen LogP contribution in [0.2, 0.25) is 0 Å². The number of aliphatic hydroxyl groups excluding tert-OH is 1. The topological polar surface area (TPSA) is 155 Å². The predicted molar refractivity (Wildman–Crippen MR) is 147 cm³/mol. The maximum Gasteiger partial charge on any atom is 0.354 e. The second-order valence-corrected chi connectivity index (χ2v) is 9.65. The number of amides is 4. The average Bonchev–Trinajstić information content (AvgIpc) is 3.31. The highest BCUT2D eigenvalue weighted by Gasteiger charge is 2.29. The number of aliphatic hydroxyl groups is 1. The van der Waals surface area contributed by atoms with Crippen molar-refractivity contribution in [3.05, 3.63) is 59.8 Å². The van der Waals surface area contributed by atoms with Gasteiger partial charge in [-0.05, 0) is 43.0 Å². The lowest BCUT2D eigenvalue weighted by Crippen LogP contribution is -2.45. The minimum Gasteiger partial charge on any atom is -0.477 e. The summed E-state index contributed by atoms with van der Waals surface area (Å²) in [6, 6.07) is 14.0. The van der Waals surface area contributed by atoms with Crippen LogP contribution in [-0.4, -0.2) is 82.1 Å². The van der Waals surface area contributed by atoms with Crippen LogP contribution in [0.3, 0.4) is 0 Å². The lowest BCUT2D eigenvalue weighted by atomic mass is 9.95. The van der Waals surface area contributed by atoms with E-state index in [-0.39, 0.29) is 48.2 Å². The molecule has 0 spiro atoms. The van der Waals surface area contributed by atoms with Gasteiger partial charge in [0.25, 0.3) is 0 Å². The number of urea groups is 1. The van der Waals surface area contributed by atoms with Gasteiger partial charge in [0, 0.05) is 55.6 Å². The van der Waals surface area contributed by atoms with E-state index >= 15 is 0 Å². The number of likely N-dealkylation sites (tertiary alicyclic amines) is 1. The van der Waals surface area contributed by atoms with Crippen LogP contribution < -0.4 is 10.6 Å². The quantitative estimate of drug-likeness (QED) is 0.284. The third-order valence-electron chi connectivity index (χ3n) is 6.97. The lowest BCUT2D eigenvalue weighted by Gasteiger charge is -2.33. The molecule has 2 aromatic carbocycles. The summed E-state index contributed by atoms with van der Waals surface area (Å²) in [6.07, 6.45) is 1.76. The Balaban J connectivity index is 1.25. The van der Waals surface area contributed by atoms with E-state index in [1.165, 1.54) is 4.90 Å². The molecular formula is C28H33N5O6. The molecule has 1 aliphatic rings. The first kappa shape index (κ1) is 27.6. The molecule has 0 radical (unpaired) electrons. The summed E-state index contributed by atoms with van der Waals surface area (Å²) in [4.78, 5) is 55.4. The number of carbonyl (C=O) groups is 4. The van der Waals surface area contributed by atoms with Gasteiger partial charge in [-0.25, -0.2) is 9.59 Å². The molecule has 1 aliphatic heterocycles. The summed E-state index contributed by atoms with van der Waals surface area (Å²) in [5, 5.41) is 24.8. The second kappa shape index (κ2) is 12.4. The summed E-state index contributed by atoms with van der Waals surface area (Å²) in [5.41, 5.74) is 2.35. The molecule has 2 heterocycles. The number of para-hydroxylation sites is 1. The Bertz CT molecular complexity index is 1340. The number of fused-ring (bicyclic) bond motifs is 1. The number of benzene rings is 2. The van der Waals surface area contributed by atoms with Crippen molar-refractivity contribution in [1.82, 2.24) is 14.8 Å². The Morgan fingerprint density at radius 3 is 2.38 bits per heavy atom. The highest BCUT2D eigenvalue weighted by atomic mass is 16.4. The fourth-order valence-electron chi connectivity index (χ4n) is 4.75. The summed E-state index contributed by atoms with van der Waals surface area (Å²) in [6.45, 7) is 1.18. The van der Waals surface area contributed by atoms with Crippen LogP contribution in [-0.2, 0) is 16.0 Å². The number of carboxylic acid groups (broad SMARTS) is 1. The van der Waals surface area contributed by atoms with Crippen molar-refractivity contribution in [2.24, 2.45) is 5.92 Å². The number of piperidine rings is 1. The monoisotopic (exact) mass is 535 g/mol. The van der Waals surface area contributed by atoms with Crippen molar-refractivity contribution in [2.45, 2.75) is 25.7 Å². The summed E-state index contributed by atoms with van der Waals surface area (Å²) >= 11 is 0. The number of aromatic nitrogens is 1. The van der Waals surface area contributed by atoms with Gasteiger partial charge in [-0.1, -0.05) is 30.3 Å². The van der Waals surface area contributed by atoms with E-state index < -0.39 is 5.97 Å². The summed E-state index contributed by atoms with van der Waals surface area (Å²) in [5.74, 6) is -1.60. The molecular weight excluding hydrogens is 502 g/mol. The maximum absolute atomic E-state index is 12.7. The first-order valence-corrected chi connectivity index (χ1v) is 12.9. The van der Waals surface area contributed by atoms with Crippen molar-refractivity contribution < 1.29 is 29.4 Å². The van der Waals surface area contributed by atoms with Gasteiger partial charge in [0.1, 0.15) is 5.69 Å². The molecule has 4 amide bonds. The number of aromatic carboxylic acids is 1. The normalized spacial score (nSPS) is 13.7. The molecule has 0 unspecified atom stereocenters. The van der Waals surface area contributed by atoms with Crippen LogP contribution in [0.1, 0.15) is 35.3 Å². The van der Waals surface area contributed by atoms with Crippen LogP contribution in [0.4, 0.5) is 16.2 Å². The number of carboxylic acids is 1. The number of aromatic amines is 1. The third kappa shape index (κ3) is 6.74. The molecule has 1 saturated heterocycles. The molecule has 11 nitrogen and oxygen atoms in total. The molecule has 0 bridgehead atoms. The Hall–Kier alpha value is -4.38. The number of aryl methyl sites for hydroxylation is 1. The van der Waals surface area contributed by atoms with Gasteiger partial charge >= 0.3 is 12.0 Å². The van der Waals surface area contributed by atoms with E-state index in [9.17, 15) is 24.3 Å². The number of likely N-dealkylation sites (N-methyl/N-ethyl adjacent to an activating group) is 1. The first-order chi connectivity index (χ1) is 18.8. The summed E-state index contributed by atoms with van der Waals surface area (Å²) < 4.78 is 0. The Morgan fingerprint density at radius 2 is 1.72 bits per heavy atom. The zero-order valence-corrected chi connectivity index (χ0v) is 21.8. The average molecular weight is 536 g/mol. The standard InChI is InChI=1S/C28H33N5O6/c1-32(16-17-34)26(36)19-12-14-33(15-13-19)28(39)29-20-9-6-18(7-10-20)8-11-23(35)31-24-21-4-2-3-5-22(21)30-25(24)27(37)38/h2-7,9-10,19,30,34H,8,11-17H2,1H3,(H,29,39)(H,31,35)(H,37,38). The summed E-state index contributed by atoms with van der Waals surface area (Å²) in [7, 11) is 1.67. The van der Waals surface area contributed by atoms with Crippen LogP contribution in [0, 0.1) is 5.92 Å². The zero-order chi connectivity index (χ0) is 27.9. The molecule has 4 rings (SSSR count). The lowest BCUT2D eigenvalue weighted by molar-refractivity contribution is -0.136. The number of nitrogens with one attached hydrogen (secondary N) is 3. The molecule has 206 valence electrons. The second-order valence-electron chi connectivity index (χ2n) is 9.65. The Kier molecular flexibility index (Phi) is 8.82. The highest BCUT2D eigenvalue weighted by molar-refractivity contribution is 6.10. The van der Waals surface area contributed by atoms with Crippen molar-refractivity contribution in [2.75, 3.05) is 43.9 Å². The van der Waals surface area contributed by atoms with E-state index in [4.69, 9.17) is 5.11 Å². The SMILES string of the molecule is CN(CCO)C(=O)C1CCN(C(=O)Nc2ccc(CCC(=O)Nc3c(C(=O)O)[nH]c4ccccc34)cc2)CC1. The number of anilines is 2. The number of hydrogen-bond donors (Lipinski definition) is 5. The van der Waals surface area contributed by atoms with E-state index in [2.05, 4.69) is 15.6 Å². The van der Waals surface area contributed by atoms with Crippen LogP contribution >= 0.6 is 0 Å². The Labute approximate surface area is 225 Å². The first-order valence-electron chi connectivity index (χ1n) is 12.9. The molecule has 0 aliphatic carbocycles. The number of hydrogen-bond acceptors (Lipinski definition) is 5. The van der Waals surface area contributed by atoms with Crippen LogP contribution in [0.5, 0.6) is 0 Å². The molecule has 0 atom stereocenters. The number of H-pyrrole nitrogens is 1. The van der Waals surface area contributed by atoms with Gasteiger partial charge in [-0.2, -0.15) is 0 Å². The van der Waals surface area contributed by atoms with Gasteiger partial charge in [0.2, 0.25) is 11.8 Å². The fraction of sp³-hybridized carbons (Fsp3) is 0.357. The minimum absolute atomic E-state index is 0.00263. The highest BCUT2D eigenvalue weighted by Crippen LogP contribution is 2.28. The third-order valence-corrected chi connectivity index (χ3v) is 6.97. The molecule has 1 aromatic heterocycles. The zero-order valence-electron chi connectivity index (χ0n) is 21.8. The number of nitrogens with zero attached hydrogens (tertiary/aromatic N) is 2. The molecule has 3 aromatic rings. The predicted octanol–water partition coefficient (Wildman–Crippen LogP) is 3.13.